The van der Waals surface area contributed by atoms with Crippen LogP contribution < -0.4 is 10.2 Å². The molecule has 0 saturated carbocycles. The van der Waals surface area contributed by atoms with Gasteiger partial charge in [0.1, 0.15) is 23.4 Å². The highest BCUT2D eigenvalue weighted by molar-refractivity contribution is 8.15. The highest BCUT2D eigenvalue weighted by atomic mass is 32.2. The molecule has 0 aromatic carbocycles. The Bertz CT molecular complexity index is 620. The standard InChI is InChI=1S/C15H21N5OS/c1-9(15(17-2)21-3)10-11-12(22-13(10)16)14(19-8-18-11)20-6-4-5-7-20/h8,15-17H,4-7H2,1-3H3/b10-9-,16-13?. The van der Waals surface area contributed by atoms with Crippen LogP contribution in [0, 0.1) is 5.41 Å². The van der Waals surface area contributed by atoms with Gasteiger partial charge >= 0.3 is 0 Å². The van der Waals surface area contributed by atoms with E-state index in [2.05, 4.69) is 20.2 Å². The average Bonchev–Trinajstić information content (AvgIpc) is 3.14. The highest BCUT2D eigenvalue weighted by Crippen LogP contribution is 2.45. The van der Waals surface area contributed by atoms with Crippen molar-refractivity contribution in [2.24, 2.45) is 0 Å². The van der Waals surface area contributed by atoms with E-state index in [9.17, 15) is 0 Å². The van der Waals surface area contributed by atoms with Gasteiger partial charge in [0.05, 0.1) is 10.6 Å². The maximum absolute atomic E-state index is 8.37. The second-order valence-corrected chi connectivity index (χ2v) is 6.48. The van der Waals surface area contributed by atoms with Crippen molar-refractivity contribution in [1.82, 2.24) is 15.3 Å². The topological polar surface area (TPSA) is 74.1 Å². The molecule has 0 aliphatic carbocycles. The molecule has 0 amide bonds. The number of hydrogen-bond acceptors (Lipinski definition) is 7. The molecule has 1 unspecified atom stereocenters. The summed E-state index contributed by atoms with van der Waals surface area (Å²) in [4.78, 5) is 12.2. The van der Waals surface area contributed by atoms with Gasteiger partial charge in [-0.1, -0.05) is 11.8 Å². The molecule has 1 fully saturated rings. The number of anilines is 1. The fraction of sp³-hybridized carbons (Fsp3) is 0.533. The minimum Gasteiger partial charge on any atom is -0.363 e. The summed E-state index contributed by atoms with van der Waals surface area (Å²) in [5, 5.41) is 12.0. The molecule has 1 aromatic heterocycles. The van der Waals surface area contributed by atoms with Crippen molar-refractivity contribution in [1.29, 1.82) is 5.41 Å². The maximum atomic E-state index is 8.37. The number of nitrogens with one attached hydrogen (secondary N) is 2. The van der Waals surface area contributed by atoms with Crippen LogP contribution in [0.25, 0.3) is 5.57 Å². The van der Waals surface area contributed by atoms with Crippen LogP contribution in [0.3, 0.4) is 0 Å². The number of rotatable bonds is 4. The third-order valence-corrected chi connectivity index (χ3v) is 5.13. The van der Waals surface area contributed by atoms with E-state index in [-0.39, 0.29) is 6.23 Å². The molecule has 1 saturated heterocycles. The van der Waals surface area contributed by atoms with E-state index in [1.165, 1.54) is 24.6 Å². The summed E-state index contributed by atoms with van der Waals surface area (Å²) in [5.74, 6) is 0.971. The molecule has 22 heavy (non-hydrogen) atoms. The van der Waals surface area contributed by atoms with Gasteiger partial charge in [-0.05, 0) is 32.4 Å². The van der Waals surface area contributed by atoms with Gasteiger partial charge in [-0.25, -0.2) is 9.97 Å². The molecule has 3 heterocycles. The molecular weight excluding hydrogens is 298 g/mol. The number of ether oxygens (including phenoxy) is 1. The second kappa shape index (κ2) is 6.36. The Morgan fingerprint density at radius 3 is 2.77 bits per heavy atom. The van der Waals surface area contributed by atoms with Gasteiger partial charge in [-0.3, -0.25) is 10.7 Å². The van der Waals surface area contributed by atoms with Crippen molar-refractivity contribution >= 4 is 28.2 Å². The largest absolute Gasteiger partial charge is 0.363 e. The van der Waals surface area contributed by atoms with Gasteiger partial charge in [0.2, 0.25) is 0 Å². The van der Waals surface area contributed by atoms with Crippen molar-refractivity contribution in [2.75, 3.05) is 32.1 Å². The molecular formula is C15H21N5OS. The number of fused-ring (bicyclic) bond motifs is 1. The summed E-state index contributed by atoms with van der Waals surface area (Å²) in [7, 11) is 3.51. The zero-order valence-electron chi connectivity index (χ0n) is 13.1. The molecule has 0 spiro atoms. The van der Waals surface area contributed by atoms with E-state index in [0.717, 1.165) is 40.6 Å². The zero-order chi connectivity index (χ0) is 15.7. The Morgan fingerprint density at radius 1 is 1.41 bits per heavy atom. The average molecular weight is 319 g/mol. The fourth-order valence-corrected chi connectivity index (χ4v) is 4.15. The molecule has 1 aromatic rings. The first-order valence-electron chi connectivity index (χ1n) is 7.45. The second-order valence-electron chi connectivity index (χ2n) is 5.46. The van der Waals surface area contributed by atoms with Gasteiger partial charge in [-0.2, -0.15) is 0 Å². The van der Waals surface area contributed by atoms with Gasteiger partial charge in [0.15, 0.2) is 0 Å². The quantitative estimate of drug-likeness (QED) is 0.828. The van der Waals surface area contributed by atoms with E-state index in [1.54, 1.807) is 13.4 Å². The summed E-state index contributed by atoms with van der Waals surface area (Å²) in [6, 6.07) is 0. The van der Waals surface area contributed by atoms with E-state index < -0.39 is 0 Å². The first-order valence-corrected chi connectivity index (χ1v) is 8.27. The monoisotopic (exact) mass is 319 g/mol. The van der Waals surface area contributed by atoms with Crippen LogP contribution in [-0.2, 0) is 4.74 Å². The number of likely N-dealkylation sites (N-methyl/N-ethyl adjacent to an activating group) is 1. The maximum Gasteiger partial charge on any atom is 0.146 e. The lowest BCUT2D eigenvalue weighted by Gasteiger charge is -2.19. The lowest BCUT2D eigenvalue weighted by molar-refractivity contribution is 0.111. The van der Waals surface area contributed by atoms with Crippen molar-refractivity contribution in [3.8, 4) is 0 Å². The predicted octanol–water partition coefficient (Wildman–Crippen LogP) is 2.13. The van der Waals surface area contributed by atoms with Crippen LogP contribution in [0.15, 0.2) is 16.8 Å². The fourth-order valence-electron chi connectivity index (χ4n) is 3.06. The predicted molar refractivity (Wildman–Crippen MR) is 89.5 cm³/mol. The summed E-state index contributed by atoms with van der Waals surface area (Å²) in [5.41, 5.74) is 2.71. The summed E-state index contributed by atoms with van der Waals surface area (Å²) in [6.45, 7) is 4.06. The molecule has 2 aliphatic rings. The van der Waals surface area contributed by atoms with Crippen LogP contribution in [0.2, 0.25) is 0 Å². The number of methoxy groups -OCH3 is 1. The van der Waals surface area contributed by atoms with E-state index in [4.69, 9.17) is 10.1 Å². The van der Waals surface area contributed by atoms with E-state index in [0.29, 0.717) is 5.04 Å². The number of aromatic nitrogens is 2. The Kier molecular flexibility index (Phi) is 4.46. The molecule has 2 aliphatic heterocycles. The minimum absolute atomic E-state index is 0.216. The number of hydrogen-bond donors (Lipinski definition) is 2. The van der Waals surface area contributed by atoms with Crippen LogP contribution in [-0.4, -0.2) is 48.5 Å². The molecule has 6 nitrogen and oxygen atoms in total. The van der Waals surface area contributed by atoms with Crippen LogP contribution in [0.5, 0.6) is 0 Å². The zero-order valence-corrected chi connectivity index (χ0v) is 14.0. The molecule has 118 valence electrons. The number of nitrogens with zero attached hydrogens (tertiary/aromatic N) is 3. The van der Waals surface area contributed by atoms with Crippen molar-refractivity contribution in [3.05, 3.63) is 17.6 Å². The molecule has 1 atom stereocenters. The lowest BCUT2D eigenvalue weighted by Crippen LogP contribution is -2.29. The number of thioether (sulfide) groups is 1. The Morgan fingerprint density at radius 2 is 2.14 bits per heavy atom. The molecule has 7 heteroatoms. The molecule has 0 radical (unpaired) electrons. The van der Waals surface area contributed by atoms with Crippen molar-refractivity contribution in [3.63, 3.8) is 0 Å². The highest BCUT2D eigenvalue weighted by Gasteiger charge is 2.32. The van der Waals surface area contributed by atoms with Gasteiger partial charge in [0.25, 0.3) is 0 Å². The van der Waals surface area contributed by atoms with Crippen LogP contribution in [0.4, 0.5) is 5.82 Å². The summed E-state index contributed by atoms with van der Waals surface area (Å²) in [6.07, 6.45) is 3.80. The van der Waals surface area contributed by atoms with Crippen molar-refractivity contribution in [2.45, 2.75) is 30.9 Å². The first kappa shape index (κ1) is 15.5. The summed E-state index contributed by atoms with van der Waals surface area (Å²) >= 11 is 1.45. The SMILES string of the molecule is CNC(OC)/C(C)=C1\C(=N)Sc2c1ncnc2N1CCCC1. The summed E-state index contributed by atoms with van der Waals surface area (Å²) < 4.78 is 5.44. The van der Waals surface area contributed by atoms with Gasteiger partial charge in [0, 0.05) is 25.8 Å². The third kappa shape index (κ3) is 2.53. The third-order valence-electron chi connectivity index (χ3n) is 4.14. The first-order chi connectivity index (χ1) is 10.7. The van der Waals surface area contributed by atoms with Crippen LogP contribution in [0.1, 0.15) is 25.5 Å². The molecule has 2 N–H and O–H groups in total. The normalized spacial score (nSPS) is 21.2. The van der Waals surface area contributed by atoms with E-state index in [1.807, 2.05) is 14.0 Å². The minimum atomic E-state index is -0.216. The Hall–Kier alpha value is -1.44. The Balaban J connectivity index is 2.07. The molecule has 0 bridgehead atoms. The lowest BCUT2D eigenvalue weighted by atomic mass is 10.1. The van der Waals surface area contributed by atoms with Crippen molar-refractivity contribution < 1.29 is 4.74 Å². The van der Waals surface area contributed by atoms with Gasteiger partial charge in [-0.15, -0.1) is 0 Å². The van der Waals surface area contributed by atoms with Gasteiger partial charge < -0.3 is 9.64 Å². The molecule has 3 rings (SSSR count). The van der Waals surface area contributed by atoms with Crippen LogP contribution >= 0.6 is 11.8 Å². The smallest absolute Gasteiger partial charge is 0.146 e. The Labute approximate surface area is 134 Å². The van der Waals surface area contributed by atoms with E-state index >= 15 is 0 Å².